The van der Waals surface area contributed by atoms with E-state index < -0.39 is 18.9 Å². The van der Waals surface area contributed by atoms with Crippen molar-refractivity contribution in [2.24, 2.45) is 0 Å². The van der Waals surface area contributed by atoms with Crippen molar-refractivity contribution >= 4 is 29.3 Å². The largest absolute Gasteiger partial charge is 0.419 e. The number of aromatic amines is 1. The Bertz CT molecular complexity index is 1030. The topological polar surface area (TPSA) is 90.9 Å². The van der Waals surface area contributed by atoms with Gasteiger partial charge in [0.15, 0.2) is 0 Å². The van der Waals surface area contributed by atoms with Gasteiger partial charge in [-0.15, -0.1) is 0 Å². The number of fused-ring (bicyclic) bond motifs is 1. The molecule has 0 unspecified atom stereocenters. The quantitative estimate of drug-likeness (QED) is 0.574. The van der Waals surface area contributed by atoms with Crippen molar-refractivity contribution in [2.45, 2.75) is 6.18 Å². The maximum absolute atomic E-state index is 13.5. The van der Waals surface area contributed by atoms with Crippen LogP contribution in [0.15, 0.2) is 30.6 Å². The number of alkyl halides is 3. The van der Waals surface area contributed by atoms with Gasteiger partial charge in [0, 0.05) is 35.2 Å². The Balaban J connectivity index is 2.25. The fourth-order valence-corrected chi connectivity index (χ4v) is 4.00. The van der Waals surface area contributed by atoms with E-state index in [4.69, 9.17) is 5.11 Å². The first-order chi connectivity index (χ1) is 12.6. The van der Waals surface area contributed by atoms with Gasteiger partial charge in [0.25, 0.3) is 0 Å². The standard InChI is InChI=1S/C17H18F3N4O2P/c1-27(2,26)13-5-3-4-10-11(8-22-15(10)13)14-12(17(18,19)20)9-23-16(24-14)21-6-7-25/h3-5,8-9,22,25H,6-7H2,1-2H3,(H,21,23,24). The minimum atomic E-state index is -4.64. The third kappa shape index (κ3) is 3.84. The number of hydrogen-bond donors (Lipinski definition) is 3. The van der Waals surface area contributed by atoms with Crippen LogP contribution in [-0.2, 0) is 10.7 Å². The normalized spacial score (nSPS) is 12.5. The molecule has 0 fully saturated rings. The number of hydrogen-bond acceptors (Lipinski definition) is 5. The van der Waals surface area contributed by atoms with Crippen LogP contribution in [0.5, 0.6) is 0 Å². The highest BCUT2D eigenvalue weighted by Crippen LogP contribution is 2.41. The lowest BCUT2D eigenvalue weighted by Gasteiger charge is -2.13. The van der Waals surface area contributed by atoms with Crippen LogP contribution in [0.3, 0.4) is 0 Å². The number of para-hydroxylation sites is 1. The van der Waals surface area contributed by atoms with Crippen LogP contribution in [0, 0.1) is 0 Å². The highest BCUT2D eigenvalue weighted by atomic mass is 31.2. The first-order valence-corrected chi connectivity index (χ1v) is 10.7. The number of nitrogens with zero attached hydrogens (tertiary/aromatic N) is 2. The van der Waals surface area contributed by atoms with Gasteiger partial charge >= 0.3 is 6.18 Å². The van der Waals surface area contributed by atoms with Crippen molar-refractivity contribution < 1.29 is 22.8 Å². The van der Waals surface area contributed by atoms with Crippen LogP contribution in [-0.4, -0.2) is 46.5 Å². The van der Waals surface area contributed by atoms with Gasteiger partial charge in [0.1, 0.15) is 12.7 Å². The van der Waals surface area contributed by atoms with Crippen LogP contribution in [0.4, 0.5) is 19.1 Å². The second-order valence-electron chi connectivity index (χ2n) is 6.36. The molecule has 0 saturated heterocycles. The summed E-state index contributed by atoms with van der Waals surface area (Å²) in [6.07, 6.45) is -2.50. The van der Waals surface area contributed by atoms with E-state index >= 15 is 0 Å². The van der Waals surface area contributed by atoms with E-state index in [2.05, 4.69) is 20.3 Å². The van der Waals surface area contributed by atoms with Gasteiger partial charge in [-0.25, -0.2) is 9.97 Å². The van der Waals surface area contributed by atoms with Gasteiger partial charge < -0.3 is 20.0 Å². The predicted molar refractivity (Wildman–Crippen MR) is 99.0 cm³/mol. The van der Waals surface area contributed by atoms with Crippen LogP contribution in [0.25, 0.3) is 22.2 Å². The van der Waals surface area contributed by atoms with Crippen molar-refractivity contribution in [3.05, 3.63) is 36.2 Å². The molecule has 6 nitrogen and oxygen atoms in total. The molecule has 0 amide bonds. The third-order valence-corrected chi connectivity index (χ3v) is 5.55. The Morgan fingerprint density at radius 1 is 1.30 bits per heavy atom. The fourth-order valence-electron chi connectivity index (χ4n) is 2.83. The molecule has 27 heavy (non-hydrogen) atoms. The molecule has 3 aromatic rings. The summed E-state index contributed by atoms with van der Waals surface area (Å²) in [5, 5.41) is 12.6. The molecule has 0 aliphatic carbocycles. The molecular weight excluding hydrogens is 380 g/mol. The summed E-state index contributed by atoms with van der Waals surface area (Å²) in [4.78, 5) is 10.6. The number of anilines is 1. The molecule has 0 saturated carbocycles. The first kappa shape index (κ1) is 19.4. The average molecular weight is 398 g/mol. The van der Waals surface area contributed by atoms with E-state index in [0.717, 1.165) is 6.20 Å². The second-order valence-corrected chi connectivity index (χ2v) is 9.54. The molecule has 10 heteroatoms. The summed E-state index contributed by atoms with van der Waals surface area (Å²) in [5.41, 5.74) is -0.498. The summed E-state index contributed by atoms with van der Waals surface area (Å²) in [7, 11) is -2.64. The molecule has 0 aliphatic rings. The van der Waals surface area contributed by atoms with Gasteiger partial charge in [0.05, 0.1) is 17.8 Å². The number of aromatic nitrogens is 3. The third-order valence-electron chi connectivity index (χ3n) is 4.02. The lowest BCUT2D eigenvalue weighted by atomic mass is 10.1. The second kappa shape index (κ2) is 6.98. The molecule has 0 spiro atoms. The van der Waals surface area contributed by atoms with E-state index in [1.807, 2.05) is 0 Å². The molecule has 1 aromatic carbocycles. The van der Waals surface area contributed by atoms with Gasteiger partial charge in [-0.1, -0.05) is 12.1 Å². The summed E-state index contributed by atoms with van der Waals surface area (Å²) in [5.74, 6) is -0.0193. The van der Waals surface area contributed by atoms with E-state index in [0.29, 0.717) is 16.2 Å². The Labute approximate surface area is 153 Å². The molecule has 144 valence electrons. The molecule has 2 heterocycles. The van der Waals surface area contributed by atoms with Crippen LogP contribution in [0.1, 0.15) is 5.56 Å². The number of H-pyrrole nitrogens is 1. The number of benzene rings is 1. The Morgan fingerprint density at radius 2 is 2.04 bits per heavy atom. The highest BCUT2D eigenvalue weighted by Gasteiger charge is 2.36. The number of aliphatic hydroxyl groups is 1. The highest BCUT2D eigenvalue weighted by molar-refractivity contribution is 7.70. The molecule has 0 bridgehead atoms. The zero-order valence-electron chi connectivity index (χ0n) is 14.6. The van der Waals surface area contributed by atoms with Crippen LogP contribution < -0.4 is 10.6 Å². The molecule has 0 atom stereocenters. The summed E-state index contributed by atoms with van der Waals surface area (Å²) >= 11 is 0. The van der Waals surface area contributed by atoms with Crippen molar-refractivity contribution in [3.8, 4) is 11.3 Å². The minimum absolute atomic E-state index is 0.0193. The molecule has 0 aliphatic heterocycles. The van der Waals surface area contributed by atoms with Crippen LogP contribution in [0.2, 0.25) is 0 Å². The summed E-state index contributed by atoms with van der Waals surface area (Å²) < 4.78 is 53.0. The zero-order chi connectivity index (χ0) is 19.8. The first-order valence-electron chi connectivity index (χ1n) is 8.08. The van der Waals surface area contributed by atoms with Gasteiger partial charge in [-0.05, 0) is 19.4 Å². The number of aliphatic hydroxyl groups excluding tert-OH is 1. The SMILES string of the molecule is CP(C)(=O)c1cccc2c(-c3nc(NCCO)ncc3C(F)(F)F)c[nH]c12. The molecule has 2 aromatic heterocycles. The predicted octanol–water partition coefficient (Wildman–Crippen LogP) is 3.30. The van der Waals surface area contributed by atoms with Crippen molar-refractivity contribution in [1.29, 1.82) is 0 Å². The van der Waals surface area contributed by atoms with Crippen molar-refractivity contribution in [2.75, 3.05) is 31.8 Å². The van der Waals surface area contributed by atoms with Gasteiger partial charge in [0.2, 0.25) is 5.95 Å². The van der Waals surface area contributed by atoms with Gasteiger partial charge in [-0.3, -0.25) is 0 Å². The van der Waals surface area contributed by atoms with E-state index in [1.165, 1.54) is 6.20 Å². The van der Waals surface area contributed by atoms with E-state index in [-0.39, 0.29) is 30.4 Å². The Kier molecular flexibility index (Phi) is 5.01. The smallest absolute Gasteiger partial charge is 0.395 e. The van der Waals surface area contributed by atoms with E-state index in [1.54, 1.807) is 31.5 Å². The fraction of sp³-hybridized carbons (Fsp3) is 0.294. The maximum Gasteiger partial charge on any atom is 0.419 e. The average Bonchev–Trinajstić information content (AvgIpc) is 3.01. The molecule has 0 radical (unpaired) electrons. The van der Waals surface area contributed by atoms with Crippen molar-refractivity contribution in [1.82, 2.24) is 15.0 Å². The Morgan fingerprint density at radius 3 is 2.67 bits per heavy atom. The van der Waals surface area contributed by atoms with Gasteiger partial charge in [-0.2, -0.15) is 13.2 Å². The summed E-state index contributed by atoms with van der Waals surface area (Å²) in [6, 6.07) is 5.01. The maximum atomic E-state index is 13.5. The lowest BCUT2D eigenvalue weighted by molar-refractivity contribution is -0.137. The lowest BCUT2D eigenvalue weighted by Crippen LogP contribution is -2.13. The molecule has 3 rings (SSSR count). The van der Waals surface area contributed by atoms with Crippen LogP contribution >= 0.6 is 7.14 Å². The van der Waals surface area contributed by atoms with Crippen molar-refractivity contribution in [3.63, 3.8) is 0 Å². The minimum Gasteiger partial charge on any atom is -0.395 e. The monoisotopic (exact) mass is 398 g/mol. The number of rotatable bonds is 5. The number of halogens is 3. The summed E-state index contributed by atoms with van der Waals surface area (Å²) in [6.45, 7) is 3.10. The molecule has 3 N–H and O–H groups in total. The Hall–Kier alpha value is -2.38. The van der Waals surface area contributed by atoms with E-state index in [9.17, 15) is 17.7 Å². The zero-order valence-corrected chi connectivity index (χ0v) is 15.5. The number of nitrogens with one attached hydrogen (secondary N) is 2. The molecular formula is C17H18F3N4O2P.